The third-order valence-corrected chi connectivity index (χ3v) is 2.63. The van der Waals surface area contributed by atoms with Gasteiger partial charge in [-0.1, -0.05) is 0 Å². The van der Waals surface area contributed by atoms with Gasteiger partial charge in [-0.15, -0.1) is 0 Å². The van der Waals surface area contributed by atoms with Crippen LogP contribution in [0.15, 0.2) is 18.2 Å². The van der Waals surface area contributed by atoms with Gasteiger partial charge >= 0.3 is 5.97 Å². The molecule has 0 atom stereocenters. The molecule has 0 saturated carbocycles. The summed E-state index contributed by atoms with van der Waals surface area (Å²) in [5, 5.41) is 8.85. The molecule has 0 spiro atoms. The van der Waals surface area contributed by atoms with E-state index in [0.717, 1.165) is 22.4 Å². The highest BCUT2D eigenvalue weighted by atomic mass is 16.5. The molecular formula is C14H18O4. The predicted molar refractivity (Wildman–Crippen MR) is 70.0 cm³/mol. The summed E-state index contributed by atoms with van der Waals surface area (Å²) in [6, 6.07) is 3.80. The van der Waals surface area contributed by atoms with E-state index in [2.05, 4.69) is 0 Å². The Morgan fingerprint density at radius 2 is 1.83 bits per heavy atom. The minimum atomic E-state index is -0.979. The van der Waals surface area contributed by atoms with E-state index in [1.54, 1.807) is 14.2 Å². The molecule has 0 radical (unpaired) electrons. The van der Waals surface area contributed by atoms with Gasteiger partial charge in [-0.3, -0.25) is 0 Å². The molecule has 0 heterocycles. The normalized spacial score (nSPS) is 11.4. The van der Waals surface area contributed by atoms with Gasteiger partial charge in [0.15, 0.2) is 0 Å². The zero-order chi connectivity index (χ0) is 13.7. The fraction of sp³-hybridized carbons (Fsp3) is 0.357. The standard InChI is InChI=1S/C14H18O4/c1-9-5-11(6-10(2)14(9)18-4)12(8-17-3)7-13(15)16/h5-7H,8H2,1-4H3,(H,15,16)/b12-7+. The van der Waals surface area contributed by atoms with E-state index < -0.39 is 5.97 Å². The smallest absolute Gasteiger partial charge is 0.328 e. The maximum absolute atomic E-state index is 10.8. The molecule has 0 bridgehead atoms. The quantitative estimate of drug-likeness (QED) is 0.815. The topological polar surface area (TPSA) is 55.8 Å². The third kappa shape index (κ3) is 3.34. The largest absolute Gasteiger partial charge is 0.496 e. The van der Waals surface area contributed by atoms with Crippen molar-refractivity contribution >= 4 is 11.5 Å². The summed E-state index contributed by atoms with van der Waals surface area (Å²) in [7, 11) is 3.16. The van der Waals surface area contributed by atoms with Crippen molar-refractivity contribution < 1.29 is 19.4 Å². The Hall–Kier alpha value is -1.81. The van der Waals surface area contributed by atoms with Crippen LogP contribution < -0.4 is 4.74 Å². The van der Waals surface area contributed by atoms with Crippen LogP contribution in [0, 0.1) is 13.8 Å². The highest BCUT2D eigenvalue weighted by Gasteiger charge is 2.09. The first kappa shape index (κ1) is 14.3. The maximum atomic E-state index is 10.8. The van der Waals surface area contributed by atoms with E-state index in [1.807, 2.05) is 26.0 Å². The Labute approximate surface area is 107 Å². The van der Waals surface area contributed by atoms with Crippen molar-refractivity contribution in [1.29, 1.82) is 0 Å². The molecule has 1 N–H and O–H groups in total. The molecule has 0 unspecified atom stereocenters. The number of aryl methyl sites for hydroxylation is 2. The number of hydrogen-bond acceptors (Lipinski definition) is 3. The lowest BCUT2D eigenvalue weighted by Gasteiger charge is -2.13. The van der Waals surface area contributed by atoms with Crippen molar-refractivity contribution in [2.24, 2.45) is 0 Å². The second-order valence-corrected chi connectivity index (χ2v) is 4.08. The van der Waals surface area contributed by atoms with Gasteiger partial charge in [0.2, 0.25) is 0 Å². The third-order valence-electron chi connectivity index (χ3n) is 2.63. The molecule has 4 heteroatoms. The summed E-state index contributed by atoms with van der Waals surface area (Å²) in [5.41, 5.74) is 3.42. The van der Waals surface area contributed by atoms with Crippen molar-refractivity contribution in [3.63, 3.8) is 0 Å². The summed E-state index contributed by atoms with van der Waals surface area (Å²) in [6.45, 7) is 4.12. The number of ether oxygens (including phenoxy) is 2. The van der Waals surface area contributed by atoms with Crippen molar-refractivity contribution in [2.45, 2.75) is 13.8 Å². The number of benzene rings is 1. The number of carbonyl (C=O) groups is 1. The van der Waals surface area contributed by atoms with E-state index in [9.17, 15) is 4.79 Å². The first-order chi connectivity index (χ1) is 8.49. The highest BCUT2D eigenvalue weighted by Crippen LogP contribution is 2.27. The van der Waals surface area contributed by atoms with Crippen LogP contribution >= 0.6 is 0 Å². The van der Waals surface area contributed by atoms with Crippen LogP contribution in [0.5, 0.6) is 5.75 Å². The first-order valence-corrected chi connectivity index (χ1v) is 5.57. The molecule has 0 aliphatic carbocycles. The summed E-state index contributed by atoms with van der Waals surface area (Å²) < 4.78 is 10.3. The van der Waals surface area contributed by atoms with Crippen LogP contribution in [0.1, 0.15) is 16.7 Å². The second-order valence-electron chi connectivity index (χ2n) is 4.08. The van der Waals surface area contributed by atoms with E-state index in [4.69, 9.17) is 14.6 Å². The number of rotatable bonds is 5. The molecule has 18 heavy (non-hydrogen) atoms. The Morgan fingerprint density at radius 3 is 2.22 bits per heavy atom. The summed E-state index contributed by atoms with van der Waals surface area (Å²) in [6.07, 6.45) is 1.17. The fourth-order valence-corrected chi connectivity index (χ4v) is 1.97. The highest BCUT2D eigenvalue weighted by molar-refractivity contribution is 5.90. The first-order valence-electron chi connectivity index (χ1n) is 5.57. The molecule has 0 aromatic heterocycles. The minimum Gasteiger partial charge on any atom is -0.496 e. The Balaban J connectivity index is 3.26. The zero-order valence-corrected chi connectivity index (χ0v) is 11.1. The van der Waals surface area contributed by atoms with Gasteiger partial charge in [0, 0.05) is 13.2 Å². The number of aliphatic carboxylic acids is 1. The average molecular weight is 250 g/mol. The van der Waals surface area contributed by atoms with Gasteiger partial charge in [0.05, 0.1) is 13.7 Å². The van der Waals surface area contributed by atoms with Crippen LogP contribution in [-0.2, 0) is 9.53 Å². The molecule has 1 aromatic carbocycles. The predicted octanol–water partition coefficient (Wildman–Crippen LogP) is 2.43. The monoisotopic (exact) mass is 250 g/mol. The number of methoxy groups -OCH3 is 2. The van der Waals surface area contributed by atoms with E-state index in [0.29, 0.717) is 5.57 Å². The van der Waals surface area contributed by atoms with Gasteiger partial charge < -0.3 is 14.6 Å². The lowest BCUT2D eigenvalue weighted by Crippen LogP contribution is -2.01. The molecule has 1 rings (SSSR count). The van der Waals surface area contributed by atoms with Gasteiger partial charge in [-0.25, -0.2) is 4.79 Å². The lowest BCUT2D eigenvalue weighted by atomic mass is 10.00. The molecule has 0 aliphatic heterocycles. The SMILES string of the molecule is COC/C(=C\C(=O)O)c1cc(C)c(OC)c(C)c1. The Kier molecular flexibility index (Phi) is 4.92. The Bertz CT molecular complexity index is 452. The van der Waals surface area contributed by atoms with Crippen LogP contribution in [0.25, 0.3) is 5.57 Å². The zero-order valence-electron chi connectivity index (χ0n) is 11.1. The molecule has 1 aromatic rings. The van der Waals surface area contributed by atoms with Gasteiger partial charge in [-0.2, -0.15) is 0 Å². The van der Waals surface area contributed by atoms with Crippen LogP contribution in [0.4, 0.5) is 0 Å². The molecule has 0 fully saturated rings. The molecule has 0 aliphatic rings. The van der Waals surface area contributed by atoms with Crippen molar-refractivity contribution in [2.75, 3.05) is 20.8 Å². The van der Waals surface area contributed by atoms with Crippen molar-refractivity contribution in [3.05, 3.63) is 34.9 Å². The lowest BCUT2D eigenvalue weighted by molar-refractivity contribution is -0.131. The molecule has 0 amide bonds. The van der Waals surface area contributed by atoms with Crippen LogP contribution in [0.2, 0.25) is 0 Å². The second kappa shape index (κ2) is 6.21. The number of hydrogen-bond donors (Lipinski definition) is 1. The van der Waals surface area contributed by atoms with Crippen LogP contribution in [0.3, 0.4) is 0 Å². The number of carboxylic acid groups (broad SMARTS) is 1. The maximum Gasteiger partial charge on any atom is 0.328 e. The summed E-state index contributed by atoms with van der Waals surface area (Å²) >= 11 is 0. The van der Waals surface area contributed by atoms with E-state index >= 15 is 0 Å². The molecule has 98 valence electrons. The van der Waals surface area contributed by atoms with Crippen LogP contribution in [-0.4, -0.2) is 31.9 Å². The van der Waals surface area contributed by atoms with Gasteiger partial charge in [0.25, 0.3) is 0 Å². The molecule has 4 nitrogen and oxygen atoms in total. The summed E-state index contributed by atoms with van der Waals surface area (Å²) in [5.74, 6) is -0.154. The van der Waals surface area contributed by atoms with Crippen molar-refractivity contribution in [3.8, 4) is 5.75 Å². The van der Waals surface area contributed by atoms with Gasteiger partial charge in [-0.05, 0) is 48.2 Å². The van der Waals surface area contributed by atoms with Crippen molar-refractivity contribution in [1.82, 2.24) is 0 Å². The fourth-order valence-electron chi connectivity index (χ4n) is 1.97. The summed E-state index contributed by atoms with van der Waals surface area (Å²) in [4.78, 5) is 10.8. The number of carboxylic acids is 1. The van der Waals surface area contributed by atoms with Gasteiger partial charge in [0.1, 0.15) is 5.75 Å². The molecule has 0 saturated heterocycles. The average Bonchev–Trinajstić information content (AvgIpc) is 2.27. The van der Waals surface area contributed by atoms with E-state index in [1.165, 1.54) is 6.08 Å². The molecular weight excluding hydrogens is 232 g/mol. The minimum absolute atomic E-state index is 0.261. The Morgan fingerprint density at radius 1 is 1.28 bits per heavy atom. The van der Waals surface area contributed by atoms with E-state index in [-0.39, 0.29) is 6.61 Å².